The van der Waals surface area contributed by atoms with Gasteiger partial charge in [-0.25, -0.2) is 13.4 Å². The molecule has 3 aromatic rings. The maximum atomic E-state index is 13.3. The summed E-state index contributed by atoms with van der Waals surface area (Å²) in [6.45, 7) is 3.16. The van der Waals surface area contributed by atoms with Gasteiger partial charge in [0.25, 0.3) is 0 Å². The largest absolute Gasteiger partial charge is 0.473 e. The van der Waals surface area contributed by atoms with Crippen molar-refractivity contribution in [3.63, 3.8) is 0 Å². The molecular weight excluding hydrogens is 517 g/mol. The Kier molecular flexibility index (Phi) is 7.22. The van der Waals surface area contributed by atoms with Gasteiger partial charge in [0.1, 0.15) is 11.8 Å². The average Bonchev–Trinajstić information content (AvgIpc) is 3.50. The zero-order valence-corrected chi connectivity index (χ0v) is 20.8. The molecule has 2 fully saturated rings. The van der Waals surface area contributed by atoms with E-state index in [0.717, 1.165) is 0 Å². The third-order valence-corrected chi connectivity index (χ3v) is 7.24. The van der Waals surface area contributed by atoms with Gasteiger partial charge in [0.15, 0.2) is 22.5 Å². The van der Waals surface area contributed by atoms with Crippen LogP contribution in [0.4, 0.5) is 19.1 Å². The number of halogens is 3. The van der Waals surface area contributed by atoms with E-state index in [0.29, 0.717) is 42.4 Å². The van der Waals surface area contributed by atoms with Gasteiger partial charge in [-0.2, -0.15) is 27.8 Å². The number of nitrogens with one attached hydrogen (secondary N) is 2. The topological polar surface area (TPSA) is 140 Å². The Labute approximate surface area is 211 Å². The predicted octanol–water partition coefficient (Wildman–Crippen LogP) is 1.69. The quantitative estimate of drug-likeness (QED) is 0.377. The van der Waals surface area contributed by atoms with Gasteiger partial charge in [0.05, 0.1) is 24.9 Å². The van der Waals surface area contributed by atoms with Crippen molar-refractivity contribution in [1.82, 2.24) is 34.7 Å². The molecule has 4 atom stereocenters. The number of nitrogens with zero attached hydrogens (tertiary/aromatic N) is 6. The molecule has 3 aromatic heterocycles. The standard InChI is InChI=1S/C21H27F3N8O4S/c1-12-10-31(11-37(33)34)4-2-15(12)28-20-29-17-9-25-18(13-7-26-27-8-13)19(32(17)30-20)36-14-3-5-35-16(6-14)21(22,23)24/h7-9,12,14-16,37H,2-6,10-11H2,1H3,(H,26,27)(H,28,30)/t12-,14?,15+,16?/m1/s1. The lowest BCUT2D eigenvalue weighted by Crippen LogP contribution is -2.45. The molecule has 2 saturated heterocycles. The van der Waals surface area contributed by atoms with Crippen LogP contribution in [-0.2, 0) is 15.4 Å². The van der Waals surface area contributed by atoms with Gasteiger partial charge < -0.3 is 14.8 Å². The minimum absolute atomic E-state index is 0.00639. The van der Waals surface area contributed by atoms with Crippen LogP contribution in [0.2, 0.25) is 0 Å². The summed E-state index contributed by atoms with van der Waals surface area (Å²) in [7, 11) is -2.48. The molecular formula is C21H27F3N8O4S. The fourth-order valence-electron chi connectivity index (χ4n) is 4.74. The Balaban J connectivity index is 1.41. The van der Waals surface area contributed by atoms with Crippen LogP contribution >= 0.6 is 0 Å². The summed E-state index contributed by atoms with van der Waals surface area (Å²) in [5.41, 5.74) is 1.30. The van der Waals surface area contributed by atoms with E-state index in [1.165, 1.54) is 16.9 Å². The molecule has 0 saturated carbocycles. The van der Waals surface area contributed by atoms with Crippen molar-refractivity contribution >= 4 is 22.3 Å². The summed E-state index contributed by atoms with van der Waals surface area (Å²) in [6.07, 6.45) is -1.90. The fraction of sp³-hybridized carbons (Fsp3) is 0.619. The number of rotatable bonds is 7. The number of H-pyrrole nitrogens is 1. The van der Waals surface area contributed by atoms with Crippen molar-refractivity contribution in [2.75, 3.05) is 30.9 Å². The van der Waals surface area contributed by atoms with Crippen LogP contribution in [-0.4, -0.2) is 93.1 Å². The third kappa shape index (κ3) is 5.80. The van der Waals surface area contributed by atoms with Gasteiger partial charge in [0, 0.05) is 43.7 Å². The van der Waals surface area contributed by atoms with Gasteiger partial charge in [-0.1, -0.05) is 6.92 Å². The van der Waals surface area contributed by atoms with Crippen LogP contribution in [0.5, 0.6) is 5.88 Å². The molecule has 202 valence electrons. The lowest BCUT2D eigenvalue weighted by Gasteiger charge is -2.35. The number of thiol groups is 1. The molecule has 12 nitrogen and oxygen atoms in total. The van der Waals surface area contributed by atoms with Crippen LogP contribution in [0.1, 0.15) is 26.2 Å². The number of likely N-dealkylation sites (tertiary alicyclic amines) is 1. The molecule has 2 aliphatic heterocycles. The number of piperidine rings is 1. The fourth-order valence-corrected chi connectivity index (χ4v) is 5.33. The van der Waals surface area contributed by atoms with Crippen LogP contribution in [0, 0.1) is 5.92 Å². The minimum Gasteiger partial charge on any atom is -0.473 e. The van der Waals surface area contributed by atoms with Gasteiger partial charge in [-0.15, -0.1) is 5.10 Å². The van der Waals surface area contributed by atoms with Crippen LogP contribution in [0.3, 0.4) is 0 Å². The second kappa shape index (κ2) is 10.4. The van der Waals surface area contributed by atoms with E-state index >= 15 is 0 Å². The van der Waals surface area contributed by atoms with Crippen molar-refractivity contribution in [2.45, 2.75) is 50.6 Å². The molecule has 5 rings (SSSR count). The maximum Gasteiger partial charge on any atom is 0.414 e. The summed E-state index contributed by atoms with van der Waals surface area (Å²) in [4.78, 5) is 10.8. The Morgan fingerprint density at radius 2 is 2.14 bits per heavy atom. The molecule has 0 aromatic carbocycles. The normalized spacial score (nSPS) is 25.5. The number of hydrogen-bond acceptors (Lipinski definition) is 10. The van der Waals surface area contributed by atoms with Gasteiger partial charge in [-0.3, -0.25) is 10.00 Å². The number of anilines is 1. The van der Waals surface area contributed by atoms with E-state index in [1.54, 1.807) is 6.20 Å². The molecule has 0 aliphatic carbocycles. The molecule has 2 unspecified atom stereocenters. The highest BCUT2D eigenvalue weighted by atomic mass is 32.2. The molecule has 0 radical (unpaired) electrons. The lowest BCUT2D eigenvalue weighted by molar-refractivity contribution is -0.238. The highest BCUT2D eigenvalue weighted by molar-refractivity contribution is 7.72. The van der Waals surface area contributed by atoms with Crippen molar-refractivity contribution in [3.8, 4) is 17.1 Å². The summed E-state index contributed by atoms with van der Waals surface area (Å²) >= 11 is 0. The summed E-state index contributed by atoms with van der Waals surface area (Å²) < 4.78 is 74.4. The predicted molar refractivity (Wildman–Crippen MR) is 126 cm³/mol. The molecule has 2 N–H and O–H groups in total. The molecule has 0 amide bonds. The highest BCUT2D eigenvalue weighted by Crippen LogP contribution is 2.34. The van der Waals surface area contributed by atoms with E-state index in [9.17, 15) is 21.6 Å². The molecule has 5 heterocycles. The number of fused-ring (bicyclic) bond motifs is 1. The molecule has 0 spiro atoms. The van der Waals surface area contributed by atoms with Crippen LogP contribution in [0.25, 0.3) is 16.9 Å². The molecule has 0 bridgehead atoms. The summed E-state index contributed by atoms with van der Waals surface area (Å²) in [5.74, 6) is 0.641. The number of aromatic amines is 1. The molecule has 16 heteroatoms. The van der Waals surface area contributed by atoms with E-state index in [1.807, 2.05) is 11.8 Å². The minimum atomic E-state index is -4.49. The van der Waals surface area contributed by atoms with Crippen molar-refractivity contribution < 1.29 is 31.1 Å². The summed E-state index contributed by atoms with van der Waals surface area (Å²) in [5, 5.41) is 14.5. The Morgan fingerprint density at radius 3 is 2.84 bits per heavy atom. The number of aromatic nitrogens is 6. The van der Waals surface area contributed by atoms with Crippen LogP contribution in [0.15, 0.2) is 18.6 Å². The maximum absolute atomic E-state index is 13.3. The number of alkyl halides is 3. The first kappa shape index (κ1) is 25.7. The monoisotopic (exact) mass is 544 g/mol. The second-order valence-corrected chi connectivity index (χ2v) is 10.3. The van der Waals surface area contributed by atoms with Crippen LogP contribution < -0.4 is 10.1 Å². The summed E-state index contributed by atoms with van der Waals surface area (Å²) in [6, 6.07) is 0.00639. The highest BCUT2D eigenvalue weighted by Gasteiger charge is 2.44. The smallest absolute Gasteiger partial charge is 0.414 e. The molecule has 2 aliphatic rings. The Morgan fingerprint density at radius 1 is 1.30 bits per heavy atom. The first-order valence-electron chi connectivity index (χ1n) is 11.9. The zero-order valence-electron chi connectivity index (χ0n) is 19.9. The van der Waals surface area contributed by atoms with E-state index in [2.05, 4.69) is 30.6 Å². The lowest BCUT2D eigenvalue weighted by atomic mass is 9.94. The Bertz CT molecular complexity index is 1290. The second-order valence-electron chi connectivity index (χ2n) is 9.34. The van der Waals surface area contributed by atoms with Crippen molar-refractivity contribution in [1.29, 1.82) is 0 Å². The third-order valence-electron chi connectivity index (χ3n) is 6.61. The Hall–Kier alpha value is -2.98. The van der Waals surface area contributed by atoms with Crippen molar-refractivity contribution in [3.05, 3.63) is 18.6 Å². The van der Waals surface area contributed by atoms with E-state index in [4.69, 9.17) is 9.47 Å². The average molecular weight is 545 g/mol. The first-order chi connectivity index (χ1) is 17.7. The SMILES string of the molecule is C[C@@H]1CN(C[SH](=O)=O)CC[C@@H]1Nc1nc2cnc(-c3cn[nH]c3)c(OC3CCOC(C(F)(F)F)C3)n2n1. The zero-order chi connectivity index (χ0) is 26.2. The van der Waals surface area contributed by atoms with E-state index in [-0.39, 0.29) is 43.2 Å². The van der Waals surface area contributed by atoms with Gasteiger partial charge in [0.2, 0.25) is 11.8 Å². The number of hydrogen-bond donors (Lipinski definition) is 3. The molecule has 37 heavy (non-hydrogen) atoms. The first-order valence-corrected chi connectivity index (χ1v) is 13.2. The van der Waals surface area contributed by atoms with Gasteiger partial charge in [-0.05, 0) is 12.3 Å². The van der Waals surface area contributed by atoms with Crippen molar-refractivity contribution in [2.24, 2.45) is 5.92 Å². The van der Waals surface area contributed by atoms with E-state index < -0.39 is 29.1 Å². The number of ether oxygens (including phenoxy) is 2. The van der Waals surface area contributed by atoms with Gasteiger partial charge >= 0.3 is 6.18 Å².